The highest BCUT2D eigenvalue weighted by atomic mass is 14.3. The average Bonchev–Trinajstić information content (AvgIpc) is 2.05. The first-order valence-corrected chi connectivity index (χ1v) is 5.40. The van der Waals surface area contributed by atoms with Crippen LogP contribution in [0.4, 0.5) is 0 Å². The second-order valence-electron chi connectivity index (χ2n) is 4.59. The molecule has 1 heteroatoms. The molecule has 4 atom stereocenters. The van der Waals surface area contributed by atoms with Gasteiger partial charge in [-0.25, -0.2) is 0 Å². The Bertz CT molecular complexity index is 131. The van der Waals surface area contributed by atoms with E-state index in [-0.39, 0.29) is 0 Å². The van der Waals surface area contributed by atoms with Crippen molar-refractivity contribution in [3.05, 3.63) is 0 Å². The molecule has 0 aromatic carbocycles. The fraction of sp³-hybridized carbons (Fsp3) is 1.00. The molecule has 0 N–H and O–H groups in total. The molecule has 0 spiro atoms. The van der Waals surface area contributed by atoms with E-state index in [4.69, 9.17) is 7.85 Å². The van der Waals surface area contributed by atoms with E-state index in [1.54, 1.807) is 0 Å². The van der Waals surface area contributed by atoms with E-state index < -0.39 is 0 Å². The largest absolute Gasteiger partial charge is 0.0771 e. The van der Waals surface area contributed by atoms with E-state index in [9.17, 15) is 0 Å². The van der Waals surface area contributed by atoms with Crippen LogP contribution in [0.2, 0.25) is 5.82 Å². The lowest BCUT2D eigenvalue weighted by atomic mass is 9.64. The number of hydrogen-bond acceptors (Lipinski definition) is 0. The summed E-state index contributed by atoms with van der Waals surface area (Å²) in [4.78, 5) is 0. The Hall–Kier alpha value is 0.0649. The van der Waals surface area contributed by atoms with Crippen LogP contribution >= 0.6 is 0 Å². The summed E-state index contributed by atoms with van der Waals surface area (Å²) in [6.45, 7) is 6.83. The van der Waals surface area contributed by atoms with Gasteiger partial charge in [-0.2, -0.15) is 0 Å². The van der Waals surface area contributed by atoms with E-state index in [2.05, 4.69) is 20.8 Å². The zero-order valence-electron chi connectivity index (χ0n) is 8.72. The van der Waals surface area contributed by atoms with Gasteiger partial charge in [0.15, 0.2) is 0 Å². The van der Waals surface area contributed by atoms with Gasteiger partial charge in [0, 0.05) is 0 Å². The molecule has 1 aliphatic rings. The fourth-order valence-electron chi connectivity index (χ4n) is 2.55. The highest BCUT2D eigenvalue weighted by Crippen LogP contribution is 2.40. The Balaban J connectivity index is 2.47. The minimum absolute atomic E-state index is 0.398. The fourth-order valence-corrected chi connectivity index (χ4v) is 2.55. The van der Waals surface area contributed by atoms with Crippen LogP contribution in [0, 0.1) is 17.8 Å². The molecule has 0 aromatic rings. The quantitative estimate of drug-likeness (QED) is 0.548. The Kier molecular flexibility index (Phi) is 3.67. The lowest BCUT2D eigenvalue weighted by Crippen LogP contribution is -2.25. The molecule has 0 aliphatic heterocycles. The molecule has 2 radical (unpaired) electrons. The van der Waals surface area contributed by atoms with E-state index in [0.29, 0.717) is 5.82 Å². The molecule has 12 heavy (non-hydrogen) atoms. The molecular formula is C11H21B. The molecule has 0 saturated heterocycles. The predicted octanol–water partition coefficient (Wildman–Crippen LogP) is 3.43. The number of hydrogen-bond donors (Lipinski definition) is 0. The van der Waals surface area contributed by atoms with Gasteiger partial charge in [0.25, 0.3) is 0 Å². The predicted molar refractivity (Wildman–Crippen MR) is 55.5 cm³/mol. The van der Waals surface area contributed by atoms with Crippen LogP contribution in [-0.4, -0.2) is 7.85 Å². The average molecular weight is 164 g/mol. The van der Waals surface area contributed by atoms with E-state index in [0.717, 1.165) is 17.8 Å². The van der Waals surface area contributed by atoms with Crippen molar-refractivity contribution in [2.45, 2.75) is 52.3 Å². The maximum atomic E-state index is 5.97. The highest BCUT2D eigenvalue weighted by molar-refractivity contribution is 6.11. The minimum atomic E-state index is 0.398. The van der Waals surface area contributed by atoms with E-state index in [1.165, 1.54) is 25.7 Å². The van der Waals surface area contributed by atoms with Crippen LogP contribution in [0.3, 0.4) is 0 Å². The zero-order valence-corrected chi connectivity index (χ0v) is 8.72. The van der Waals surface area contributed by atoms with Crippen molar-refractivity contribution in [2.24, 2.45) is 17.8 Å². The molecule has 0 aromatic heterocycles. The van der Waals surface area contributed by atoms with Gasteiger partial charge < -0.3 is 0 Å². The summed E-state index contributed by atoms with van der Waals surface area (Å²) >= 11 is 0. The van der Waals surface area contributed by atoms with Gasteiger partial charge >= 0.3 is 0 Å². The second kappa shape index (κ2) is 4.34. The normalized spacial score (nSPS) is 39.4. The van der Waals surface area contributed by atoms with Crippen molar-refractivity contribution in [1.29, 1.82) is 0 Å². The van der Waals surface area contributed by atoms with Crippen molar-refractivity contribution < 1.29 is 0 Å². The van der Waals surface area contributed by atoms with Crippen LogP contribution in [0.25, 0.3) is 0 Å². The Morgan fingerprint density at radius 1 is 1.42 bits per heavy atom. The molecule has 1 rings (SSSR count). The van der Waals surface area contributed by atoms with Crippen molar-refractivity contribution in [2.75, 3.05) is 0 Å². The molecule has 1 aliphatic carbocycles. The summed E-state index contributed by atoms with van der Waals surface area (Å²) < 4.78 is 0. The Labute approximate surface area is 78.5 Å². The maximum absolute atomic E-state index is 5.97. The van der Waals surface area contributed by atoms with E-state index in [1.807, 2.05) is 0 Å². The molecule has 4 unspecified atom stereocenters. The van der Waals surface area contributed by atoms with Crippen LogP contribution in [0.1, 0.15) is 46.5 Å². The van der Waals surface area contributed by atoms with Gasteiger partial charge in [0.1, 0.15) is 0 Å². The van der Waals surface area contributed by atoms with E-state index >= 15 is 0 Å². The third kappa shape index (κ3) is 2.28. The monoisotopic (exact) mass is 164 g/mol. The van der Waals surface area contributed by atoms with Gasteiger partial charge in [-0.3, -0.25) is 0 Å². The lowest BCUT2D eigenvalue weighted by molar-refractivity contribution is 0.185. The summed E-state index contributed by atoms with van der Waals surface area (Å²) in [6.07, 6.45) is 5.54. The summed E-state index contributed by atoms with van der Waals surface area (Å²) in [5.74, 6) is 2.99. The first-order valence-electron chi connectivity index (χ1n) is 5.40. The van der Waals surface area contributed by atoms with Crippen LogP contribution in [-0.2, 0) is 0 Å². The van der Waals surface area contributed by atoms with Gasteiger partial charge in [-0.1, -0.05) is 45.9 Å². The minimum Gasteiger partial charge on any atom is -0.0771 e. The molecule has 0 amide bonds. The second-order valence-corrected chi connectivity index (χ2v) is 4.59. The topological polar surface area (TPSA) is 0 Å². The Morgan fingerprint density at radius 2 is 2.08 bits per heavy atom. The lowest BCUT2D eigenvalue weighted by Gasteiger charge is -2.36. The smallest absolute Gasteiger partial charge is 0.0699 e. The molecule has 0 bridgehead atoms. The third-order valence-electron chi connectivity index (χ3n) is 3.62. The molecule has 1 saturated carbocycles. The summed E-state index contributed by atoms with van der Waals surface area (Å²) in [5, 5.41) is 0. The first-order chi connectivity index (χ1) is 5.65. The van der Waals surface area contributed by atoms with Crippen molar-refractivity contribution in [3.63, 3.8) is 0 Å². The molecule has 0 heterocycles. The van der Waals surface area contributed by atoms with Crippen LogP contribution in [0.5, 0.6) is 0 Å². The van der Waals surface area contributed by atoms with Crippen molar-refractivity contribution >= 4 is 7.85 Å². The Morgan fingerprint density at radius 3 is 2.58 bits per heavy atom. The molecular weight excluding hydrogens is 143 g/mol. The zero-order chi connectivity index (χ0) is 9.14. The number of rotatable bonds is 2. The van der Waals surface area contributed by atoms with Crippen molar-refractivity contribution in [3.8, 4) is 0 Å². The molecule has 1 fully saturated rings. The molecule has 0 nitrogen and oxygen atoms in total. The van der Waals surface area contributed by atoms with Crippen molar-refractivity contribution in [1.82, 2.24) is 0 Å². The third-order valence-corrected chi connectivity index (χ3v) is 3.62. The first kappa shape index (κ1) is 10.1. The van der Waals surface area contributed by atoms with Gasteiger partial charge in [0.2, 0.25) is 0 Å². The SMILES string of the molecule is [B]C(C)C1CC(CC)CCC1C. The standard InChI is InChI=1S/C11H21B/c1-4-10-6-5-8(2)11(7-10)9(3)12/h8-11H,4-7H2,1-3H3. The highest BCUT2D eigenvalue weighted by Gasteiger charge is 2.28. The molecule has 68 valence electrons. The van der Waals surface area contributed by atoms with Crippen LogP contribution < -0.4 is 0 Å². The summed E-state index contributed by atoms with van der Waals surface area (Å²) in [7, 11) is 5.97. The summed E-state index contributed by atoms with van der Waals surface area (Å²) in [5.41, 5.74) is 0. The van der Waals surface area contributed by atoms with Gasteiger partial charge in [0.05, 0.1) is 7.85 Å². The van der Waals surface area contributed by atoms with Crippen LogP contribution in [0.15, 0.2) is 0 Å². The van der Waals surface area contributed by atoms with Gasteiger partial charge in [-0.05, 0) is 24.2 Å². The maximum Gasteiger partial charge on any atom is 0.0699 e. The summed E-state index contributed by atoms with van der Waals surface area (Å²) in [6, 6.07) is 0. The van der Waals surface area contributed by atoms with Gasteiger partial charge in [-0.15, -0.1) is 0 Å².